The molecule has 0 bridgehead atoms. The fourth-order valence-corrected chi connectivity index (χ4v) is 2.64. The molecule has 0 heterocycles. The molecule has 6 nitrogen and oxygen atoms in total. The van der Waals surface area contributed by atoms with Crippen molar-refractivity contribution < 1.29 is 129 Å². The Bertz CT molecular complexity index is 693. The summed E-state index contributed by atoms with van der Waals surface area (Å²) in [5, 5.41) is 0. The summed E-state index contributed by atoms with van der Waals surface area (Å²) in [5.41, 5.74) is 0. The first-order valence-electron chi connectivity index (χ1n) is 5.23. The van der Waals surface area contributed by atoms with E-state index >= 15 is 0 Å². The van der Waals surface area contributed by atoms with Crippen molar-refractivity contribution in [1.29, 1.82) is 0 Å². The summed E-state index contributed by atoms with van der Waals surface area (Å²) in [6.07, 6.45) is 0. The molecule has 0 amide bonds. The first-order chi connectivity index (χ1) is 9.21. The van der Waals surface area contributed by atoms with Crippen LogP contribution >= 0.6 is 0 Å². The molecule has 10 heteroatoms. The Hall–Kier alpha value is 1.53. The van der Waals surface area contributed by atoms with Gasteiger partial charge in [0.05, 0.1) is 9.79 Å². The normalized spacial score (nSPS) is 10.3. The van der Waals surface area contributed by atoms with Crippen molar-refractivity contribution >= 4 is 20.2 Å². The van der Waals surface area contributed by atoms with Crippen LogP contribution in [0.3, 0.4) is 0 Å². The molecule has 0 aliphatic heterocycles. The van der Waals surface area contributed by atoms with Gasteiger partial charge in [0.1, 0.15) is 0 Å². The van der Waals surface area contributed by atoms with E-state index in [0.717, 1.165) is 0 Å². The van der Waals surface area contributed by atoms with Crippen LogP contribution in [-0.4, -0.2) is 25.9 Å². The van der Waals surface area contributed by atoms with Crippen LogP contribution in [0.5, 0.6) is 0 Å². The Morgan fingerprint density at radius 3 is 1.05 bits per heavy atom. The van der Waals surface area contributed by atoms with Gasteiger partial charge in [-0.2, -0.15) is 0 Å². The molecule has 0 unspecified atom stereocenters. The largest absolute Gasteiger partial charge is 1.00 e. The van der Waals surface area contributed by atoms with Gasteiger partial charge in [0.2, 0.25) is 9.84 Å². The zero-order valence-corrected chi connectivity index (χ0v) is 19.9. The maximum atomic E-state index is 12.0. The molecule has 0 saturated carbocycles. The Balaban J connectivity index is 0. The Kier molecular flexibility index (Phi) is 14.0. The van der Waals surface area contributed by atoms with Gasteiger partial charge in [0, 0.05) is 10.4 Å². The van der Waals surface area contributed by atoms with E-state index in [0.29, 0.717) is 9.79 Å². The van der Waals surface area contributed by atoms with Crippen molar-refractivity contribution in [3.63, 3.8) is 0 Å². The van der Waals surface area contributed by atoms with Gasteiger partial charge in [-0.25, -0.2) is 8.42 Å². The molecular formula is C12H10K2O6S2. The molecule has 0 N–H and O–H groups in total. The van der Waals surface area contributed by atoms with E-state index in [1.807, 2.05) is 0 Å². The fraction of sp³-hybridized carbons (Fsp3) is 0. The van der Waals surface area contributed by atoms with Crippen LogP contribution in [0, 0.1) is 0 Å². The second-order valence-corrected chi connectivity index (χ2v) is 6.30. The zero-order chi connectivity index (χ0) is 15.2. The summed E-state index contributed by atoms with van der Waals surface area (Å²) in [6.45, 7) is 0. The van der Waals surface area contributed by atoms with Crippen LogP contribution in [0.2, 0.25) is 0 Å². The third-order valence-electron chi connectivity index (χ3n) is 2.11. The van der Waals surface area contributed by atoms with E-state index < -0.39 is 20.2 Å². The quantitative estimate of drug-likeness (QED) is 0.288. The average molecular weight is 393 g/mol. The number of sulfone groups is 1. The molecule has 2 aromatic rings. The third kappa shape index (κ3) is 10.4. The number of benzene rings is 2. The Morgan fingerprint density at radius 2 is 0.818 bits per heavy atom. The summed E-state index contributed by atoms with van der Waals surface area (Å²) in [4.78, 5) is 0.660. The molecule has 0 aliphatic rings. The molecule has 2 rings (SSSR count). The van der Waals surface area contributed by atoms with Gasteiger partial charge in [-0.1, -0.05) is 36.4 Å². The number of hydrogen-bond acceptors (Lipinski definition) is 6. The van der Waals surface area contributed by atoms with Crippen LogP contribution in [0.15, 0.2) is 70.5 Å². The van der Waals surface area contributed by atoms with Crippen molar-refractivity contribution in [3.05, 3.63) is 60.7 Å². The first-order valence-corrected chi connectivity index (χ1v) is 8.05. The molecule has 0 radical (unpaired) electrons. The van der Waals surface area contributed by atoms with Crippen LogP contribution < -0.4 is 103 Å². The Morgan fingerprint density at radius 1 is 0.591 bits per heavy atom. The summed E-state index contributed by atoms with van der Waals surface area (Å²) in [5.74, 6) is 0. The fourth-order valence-electron chi connectivity index (χ4n) is 1.34. The minimum atomic E-state index is -5.17. The van der Waals surface area contributed by atoms with Crippen LogP contribution in [0.25, 0.3) is 0 Å². The van der Waals surface area contributed by atoms with Gasteiger partial charge in [-0.15, -0.1) is 0 Å². The Labute approximate surface area is 215 Å². The smallest absolute Gasteiger partial charge is 0.759 e. The maximum Gasteiger partial charge on any atom is 1.00 e. The summed E-state index contributed by atoms with van der Waals surface area (Å²) in [6, 6.07) is 16.9. The summed E-state index contributed by atoms with van der Waals surface area (Å²) < 4.78 is 58.2. The molecule has 2 aromatic carbocycles. The number of rotatable bonds is 2. The molecule has 0 atom stereocenters. The van der Waals surface area contributed by atoms with Gasteiger partial charge in [-0.05, 0) is 24.3 Å². The second-order valence-electron chi connectivity index (χ2n) is 3.54. The second kappa shape index (κ2) is 12.0. The minimum Gasteiger partial charge on any atom is -0.759 e. The van der Waals surface area contributed by atoms with E-state index in [2.05, 4.69) is 0 Å². The zero-order valence-electron chi connectivity index (χ0n) is 12.0. The molecule has 22 heavy (non-hydrogen) atoms. The molecular weight excluding hydrogens is 382 g/mol. The van der Waals surface area contributed by atoms with E-state index in [1.54, 1.807) is 60.7 Å². The van der Waals surface area contributed by atoms with Gasteiger partial charge >= 0.3 is 103 Å². The van der Waals surface area contributed by atoms with Gasteiger partial charge in [-0.3, -0.25) is 8.42 Å². The van der Waals surface area contributed by atoms with Crippen LogP contribution in [0.4, 0.5) is 0 Å². The van der Waals surface area contributed by atoms with Crippen molar-refractivity contribution in [3.8, 4) is 0 Å². The first kappa shape index (κ1) is 25.8. The van der Waals surface area contributed by atoms with Crippen LogP contribution in [0.1, 0.15) is 0 Å². The molecule has 108 valence electrons. The maximum absolute atomic E-state index is 12.0. The van der Waals surface area contributed by atoms with E-state index in [1.165, 1.54) is 0 Å². The minimum absolute atomic E-state index is 0. The molecule has 0 aromatic heterocycles. The standard InChI is InChI=1S/C12H10O2S.2K.H2O4S/c13-15(14,11-7-3-1-4-8-11)12-9-5-2-6-10-12;;;1-5(2,3)4/h1-10H;;;(H2,1,2,3,4)/q;2*+1;/p-2. The van der Waals surface area contributed by atoms with E-state index in [-0.39, 0.29) is 103 Å². The van der Waals surface area contributed by atoms with Gasteiger partial charge in [0.25, 0.3) is 0 Å². The van der Waals surface area contributed by atoms with Gasteiger partial charge in [0.15, 0.2) is 0 Å². The third-order valence-corrected chi connectivity index (χ3v) is 3.89. The predicted molar refractivity (Wildman–Crippen MR) is 68.8 cm³/mol. The number of hydrogen-bond donors (Lipinski definition) is 0. The van der Waals surface area contributed by atoms with Gasteiger partial charge < -0.3 is 9.11 Å². The monoisotopic (exact) mass is 392 g/mol. The van der Waals surface area contributed by atoms with E-state index in [4.69, 9.17) is 17.5 Å². The van der Waals surface area contributed by atoms with Crippen molar-refractivity contribution in [2.24, 2.45) is 0 Å². The van der Waals surface area contributed by atoms with Crippen molar-refractivity contribution in [2.75, 3.05) is 0 Å². The van der Waals surface area contributed by atoms with E-state index in [9.17, 15) is 8.42 Å². The molecule has 0 fully saturated rings. The summed E-state index contributed by atoms with van der Waals surface area (Å²) >= 11 is 0. The molecule has 0 aliphatic carbocycles. The van der Waals surface area contributed by atoms with Crippen molar-refractivity contribution in [1.82, 2.24) is 0 Å². The topological polar surface area (TPSA) is 114 Å². The summed E-state index contributed by atoms with van der Waals surface area (Å²) in [7, 11) is -8.51. The SMILES string of the molecule is O=S(=O)([O-])[O-].O=S(=O)(c1ccccc1)c1ccccc1.[K+].[K+]. The van der Waals surface area contributed by atoms with Crippen LogP contribution in [-0.2, 0) is 20.2 Å². The molecule has 0 spiro atoms. The average Bonchev–Trinajstić information content (AvgIpc) is 2.39. The predicted octanol–water partition coefficient (Wildman–Crippen LogP) is -4.81. The molecule has 0 saturated heterocycles. The van der Waals surface area contributed by atoms with Crippen molar-refractivity contribution in [2.45, 2.75) is 9.79 Å².